The molecule has 0 saturated carbocycles. The number of fused-ring (bicyclic) bond motifs is 1. The first-order valence-corrected chi connectivity index (χ1v) is 11.8. The monoisotopic (exact) mass is 465 g/mol. The summed E-state index contributed by atoms with van der Waals surface area (Å²) in [5, 5.41) is 3.45. The van der Waals surface area contributed by atoms with E-state index in [0.29, 0.717) is 40.4 Å². The number of nitrogens with zero attached hydrogens (tertiary/aromatic N) is 2. The lowest BCUT2D eigenvalue weighted by molar-refractivity contribution is -0.116. The zero-order valence-electron chi connectivity index (χ0n) is 19.2. The number of ether oxygens (including phenoxy) is 2. The number of aromatic nitrogens is 2. The first-order valence-electron chi connectivity index (χ1n) is 10.8. The highest BCUT2D eigenvalue weighted by Gasteiger charge is 2.32. The third kappa shape index (κ3) is 4.75. The van der Waals surface area contributed by atoms with Crippen molar-refractivity contribution in [2.75, 3.05) is 19.0 Å². The summed E-state index contributed by atoms with van der Waals surface area (Å²) in [4.78, 5) is 30.1. The number of hydrogen-bond acceptors (Lipinski definition) is 6. The predicted octanol–water partition coefficient (Wildman–Crippen LogP) is 4.26. The number of carbonyl (C=O) groups is 1. The molecule has 1 aromatic heterocycles. The second-order valence-electron chi connectivity index (χ2n) is 7.94. The molecule has 0 unspecified atom stereocenters. The molecule has 0 radical (unpaired) electrons. The van der Waals surface area contributed by atoms with Crippen LogP contribution in [0.1, 0.15) is 41.5 Å². The number of methoxy groups -OCH3 is 1. The Kier molecular flexibility index (Phi) is 6.74. The van der Waals surface area contributed by atoms with E-state index in [4.69, 9.17) is 9.47 Å². The third-order valence-electron chi connectivity index (χ3n) is 5.68. The van der Waals surface area contributed by atoms with E-state index in [2.05, 4.69) is 34.6 Å². The van der Waals surface area contributed by atoms with E-state index in [0.717, 1.165) is 11.1 Å². The molecule has 4 rings (SSSR count). The minimum atomic E-state index is -0.416. The molecule has 1 aliphatic heterocycles. The van der Waals surface area contributed by atoms with Gasteiger partial charge in [0, 0.05) is 25.1 Å². The molecule has 1 atom stereocenters. The molecule has 3 aromatic rings. The van der Waals surface area contributed by atoms with Gasteiger partial charge in [-0.1, -0.05) is 47.7 Å². The number of nitrogens with one attached hydrogen (secondary N) is 1. The van der Waals surface area contributed by atoms with Gasteiger partial charge in [-0.2, -0.15) is 4.98 Å². The van der Waals surface area contributed by atoms with Crippen LogP contribution in [0, 0.1) is 6.92 Å². The Balaban J connectivity index is 1.70. The van der Waals surface area contributed by atoms with Crippen LogP contribution in [0.2, 0.25) is 0 Å². The molecule has 33 heavy (non-hydrogen) atoms. The van der Waals surface area contributed by atoms with E-state index in [9.17, 15) is 9.59 Å². The lowest BCUT2D eigenvalue weighted by atomic mass is 9.86. The van der Waals surface area contributed by atoms with Crippen LogP contribution in [0.15, 0.2) is 52.4 Å². The van der Waals surface area contributed by atoms with E-state index >= 15 is 0 Å². The van der Waals surface area contributed by atoms with Crippen LogP contribution >= 0.6 is 11.8 Å². The van der Waals surface area contributed by atoms with Crippen LogP contribution in [-0.2, 0) is 17.6 Å². The molecule has 1 amide bonds. The maximum Gasteiger partial charge on any atom is 0.279 e. The summed E-state index contributed by atoms with van der Waals surface area (Å²) in [6.45, 7) is 4.46. The van der Waals surface area contributed by atoms with E-state index in [-0.39, 0.29) is 17.9 Å². The summed E-state index contributed by atoms with van der Waals surface area (Å²) < 4.78 is 12.9. The van der Waals surface area contributed by atoms with Crippen molar-refractivity contribution in [2.45, 2.75) is 37.1 Å². The standard InChI is InChI=1S/C25H27N3O4S/c1-5-32-19-11-10-17(12-20(19)31-4)18-13-21(29)26-23-22(18)24(30)27-25(28(23)3)33-14-16-8-6-15(2)7-9-16/h6-12,18H,5,13-14H2,1-4H3,(H,26,29)/t18-/m1/s1. The van der Waals surface area contributed by atoms with Crippen molar-refractivity contribution in [2.24, 2.45) is 7.05 Å². The van der Waals surface area contributed by atoms with Crippen LogP contribution in [0.4, 0.5) is 5.82 Å². The maximum atomic E-state index is 13.2. The van der Waals surface area contributed by atoms with Crippen molar-refractivity contribution in [1.29, 1.82) is 0 Å². The molecule has 172 valence electrons. The van der Waals surface area contributed by atoms with Crippen molar-refractivity contribution >= 4 is 23.5 Å². The van der Waals surface area contributed by atoms with Crippen LogP contribution in [-0.4, -0.2) is 29.2 Å². The lowest BCUT2D eigenvalue weighted by Crippen LogP contribution is -2.33. The molecule has 0 fully saturated rings. The number of thioether (sulfide) groups is 1. The van der Waals surface area contributed by atoms with Gasteiger partial charge >= 0.3 is 0 Å². The van der Waals surface area contributed by atoms with Gasteiger partial charge in [0.05, 0.1) is 19.3 Å². The minimum absolute atomic E-state index is 0.143. The fourth-order valence-electron chi connectivity index (χ4n) is 3.96. The van der Waals surface area contributed by atoms with Gasteiger partial charge < -0.3 is 19.4 Å². The van der Waals surface area contributed by atoms with Gasteiger partial charge in [0.25, 0.3) is 5.56 Å². The number of amides is 1. The molecular formula is C25H27N3O4S. The van der Waals surface area contributed by atoms with Gasteiger partial charge in [0.1, 0.15) is 5.82 Å². The van der Waals surface area contributed by atoms with Gasteiger partial charge in [-0.3, -0.25) is 9.59 Å². The highest BCUT2D eigenvalue weighted by atomic mass is 32.2. The number of hydrogen-bond donors (Lipinski definition) is 1. The molecule has 7 nitrogen and oxygen atoms in total. The maximum absolute atomic E-state index is 13.2. The zero-order chi connectivity index (χ0) is 23.5. The van der Waals surface area contributed by atoms with Gasteiger partial charge in [-0.25, -0.2) is 0 Å². The van der Waals surface area contributed by atoms with Gasteiger partial charge in [-0.05, 0) is 37.1 Å². The summed E-state index contributed by atoms with van der Waals surface area (Å²) in [5.41, 5.74) is 3.31. The van der Waals surface area contributed by atoms with Crippen molar-refractivity contribution < 1.29 is 14.3 Å². The van der Waals surface area contributed by atoms with E-state index in [1.54, 1.807) is 11.7 Å². The van der Waals surface area contributed by atoms with E-state index in [1.807, 2.05) is 39.1 Å². The number of rotatable bonds is 7. The fraction of sp³-hybridized carbons (Fsp3) is 0.320. The lowest BCUT2D eigenvalue weighted by Gasteiger charge is -2.28. The van der Waals surface area contributed by atoms with E-state index < -0.39 is 5.92 Å². The van der Waals surface area contributed by atoms with Gasteiger partial charge in [0.15, 0.2) is 16.7 Å². The normalized spacial score (nSPS) is 15.0. The summed E-state index contributed by atoms with van der Waals surface area (Å²) in [7, 11) is 3.39. The number of aryl methyl sites for hydroxylation is 1. The number of anilines is 1. The van der Waals surface area contributed by atoms with Crippen LogP contribution in [0.25, 0.3) is 0 Å². The molecule has 1 aliphatic rings. The molecule has 0 aliphatic carbocycles. The Morgan fingerprint density at radius 2 is 1.91 bits per heavy atom. The van der Waals surface area contributed by atoms with Crippen LogP contribution in [0.3, 0.4) is 0 Å². The van der Waals surface area contributed by atoms with E-state index in [1.165, 1.54) is 17.3 Å². The smallest absolute Gasteiger partial charge is 0.279 e. The molecular weight excluding hydrogens is 438 g/mol. The number of benzene rings is 2. The van der Waals surface area contributed by atoms with Crippen molar-refractivity contribution in [3.05, 3.63) is 75.1 Å². The molecule has 2 aromatic carbocycles. The minimum Gasteiger partial charge on any atom is -0.493 e. The average Bonchev–Trinajstić information content (AvgIpc) is 2.81. The Bertz CT molecular complexity index is 1240. The molecule has 2 heterocycles. The summed E-state index contributed by atoms with van der Waals surface area (Å²) >= 11 is 1.47. The fourth-order valence-corrected chi connectivity index (χ4v) is 4.88. The largest absolute Gasteiger partial charge is 0.493 e. The Labute approximate surface area is 197 Å². The van der Waals surface area contributed by atoms with Crippen molar-refractivity contribution in [3.63, 3.8) is 0 Å². The molecule has 0 spiro atoms. The molecule has 1 N–H and O–H groups in total. The second kappa shape index (κ2) is 9.70. The average molecular weight is 466 g/mol. The third-order valence-corrected chi connectivity index (χ3v) is 6.78. The second-order valence-corrected chi connectivity index (χ2v) is 8.89. The topological polar surface area (TPSA) is 82.5 Å². The quantitative estimate of drug-likeness (QED) is 0.415. The molecule has 0 saturated heterocycles. The molecule has 0 bridgehead atoms. The Morgan fingerprint density at radius 3 is 2.61 bits per heavy atom. The summed E-state index contributed by atoms with van der Waals surface area (Å²) in [5.74, 6) is 1.80. The SMILES string of the molecule is CCOc1ccc([C@H]2CC(=O)Nc3c2c(=O)nc(SCc2ccc(C)cc2)n3C)cc1OC. The van der Waals surface area contributed by atoms with Crippen LogP contribution in [0.5, 0.6) is 11.5 Å². The summed E-state index contributed by atoms with van der Waals surface area (Å²) in [6, 6.07) is 13.8. The summed E-state index contributed by atoms with van der Waals surface area (Å²) in [6.07, 6.45) is 0.164. The van der Waals surface area contributed by atoms with Crippen molar-refractivity contribution in [3.8, 4) is 11.5 Å². The first-order chi connectivity index (χ1) is 15.9. The number of carbonyl (C=O) groups excluding carboxylic acids is 1. The van der Waals surface area contributed by atoms with Crippen LogP contribution < -0.4 is 20.3 Å². The van der Waals surface area contributed by atoms with Crippen molar-refractivity contribution in [1.82, 2.24) is 9.55 Å². The predicted molar refractivity (Wildman–Crippen MR) is 129 cm³/mol. The van der Waals surface area contributed by atoms with Gasteiger partial charge in [-0.15, -0.1) is 0 Å². The molecule has 8 heteroatoms. The highest BCUT2D eigenvalue weighted by molar-refractivity contribution is 7.98. The van der Waals surface area contributed by atoms with Gasteiger partial charge in [0.2, 0.25) is 5.91 Å². The Morgan fingerprint density at radius 1 is 1.15 bits per heavy atom. The Hall–Kier alpha value is -3.26. The highest BCUT2D eigenvalue weighted by Crippen LogP contribution is 2.39. The zero-order valence-corrected chi connectivity index (χ0v) is 20.0. The first kappa shape index (κ1) is 22.9.